The van der Waals surface area contributed by atoms with Crippen molar-refractivity contribution in [2.75, 3.05) is 51.2 Å². The first-order chi connectivity index (χ1) is 50.0. The van der Waals surface area contributed by atoms with Gasteiger partial charge in [0.1, 0.15) is 23.0 Å². The van der Waals surface area contributed by atoms with E-state index >= 15 is 0 Å². The molecular weight excluding hydrogens is 1310 g/mol. The number of benzene rings is 6. The predicted molar refractivity (Wildman–Crippen MR) is 393 cm³/mol. The second-order valence-electron chi connectivity index (χ2n) is 25.8. The number of rotatable bonds is 45. The number of hydrogen-bond donors (Lipinski definition) is 0. The fourth-order valence-electron chi connectivity index (χ4n) is 12.2. The van der Waals surface area contributed by atoms with E-state index in [0.29, 0.717) is 106 Å². The number of carbonyl (C=O) groups is 5. The molecule has 0 saturated heterocycles. The van der Waals surface area contributed by atoms with E-state index in [4.69, 9.17) is 62.8 Å². The largest absolute Gasteiger partial charge is 0.494 e. The monoisotopic (exact) mass is 1410 g/mol. The van der Waals surface area contributed by atoms with Crippen LogP contribution in [0.25, 0.3) is 10.2 Å². The number of fused-ring (bicyclic) bond motifs is 1. The van der Waals surface area contributed by atoms with E-state index in [9.17, 15) is 24.0 Å². The third kappa shape index (κ3) is 26.9. The van der Waals surface area contributed by atoms with Crippen LogP contribution in [0, 0.1) is 23.7 Å². The van der Waals surface area contributed by atoms with Crippen LogP contribution in [0.3, 0.4) is 0 Å². The maximum Gasteiger partial charge on any atom is 0.330 e. The SMILES string of the molecule is C=CC(=O)OCCCCCCOc1ccc(OOCC2CCC(C(=O)Oc3ccc(OOCC4CCC(C(=O)Oc5ccc(OCCCCCCOC(=O)C=C)cc5)CC4)c(/C=N/N(CCCCCCCCC(=O)OC(c4ccccc4)c4ccccc4)c4nc5ccccc5s4)c3)CC2)cc1. The molecule has 7 aromatic rings. The van der Waals surface area contributed by atoms with E-state index in [1.807, 2.05) is 102 Å². The molecule has 2 saturated carbocycles. The second kappa shape index (κ2) is 43.4. The summed E-state index contributed by atoms with van der Waals surface area (Å²) < 4.78 is 40.9. The van der Waals surface area contributed by atoms with Crippen molar-refractivity contribution < 1.29 is 76.7 Å². The number of hydrogen-bond acceptors (Lipinski definition) is 20. The molecule has 0 spiro atoms. The first kappa shape index (κ1) is 76.8. The van der Waals surface area contributed by atoms with Crippen LogP contribution in [0.15, 0.2) is 182 Å². The molecule has 0 bridgehead atoms. The smallest absolute Gasteiger partial charge is 0.330 e. The first-order valence-corrected chi connectivity index (χ1v) is 37.0. The Balaban J connectivity index is 0.755. The minimum Gasteiger partial charge on any atom is -0.494 e. The molecule has 2 fully saturated rings. The van der Waals surface area contributed by atoms with Gasteiger partial charge in [-0.25, -0.2) is 19.6 Å². The summed E-state index contributed by atoms with van der Waals surface area (Å²) in [6.07, 6.45) is 22.0. The number of anilines is 1. The van der Waals surface area contributed by atoms with E-state index in [1.54, 1.807) is 72.1 Å². The summed E-state index contributed by atoms with van der Waals surface area (Å²) in [5.41, 5.74) is 3.28. The Hall–Kier alpha value is -9.37. The number of hydrazone groups is 1. The zero-order valence-corrected chi connectivity index (χ0v) is 59.3. The average Bonchev–Trinajstić information content (AvgIpc) is 1.64. The van der Waals surface area contributed by atoms with Crippen LogP contribution in [0.5, 0.6) is 34.5 Å². The third-order valence-corrected chi connectivity index (χ3v) is 19.1. The molecule has 9 rings (SSSR count). The van der Waals surface area contributed by atoms with Gasteiger partial charge < -0.3 is 42.9 Å². The molecule has 0 N–H and O–H groups in total. The van der Waals surface area contributed by atoms with E-state index in [1.165, 1.54) is 12.2 Å². The van der Waals surface area contributed by atoms with Crippen molar-refractivity contribution in [3.63, 3.8) is 0 Å². The predicted octanol–water partition coefficient (Wildman–Crippen LogP) is 18.0. The second-order valence-corrected chi connectivity index (χ2v) is 26.8. The van der Waals surface area contributed by atoms with Crippen molar-refractivity contribution >= 4 is 62.7 Å². The fourth-order valence-corrected chi connectivity index (χ4v) is 13.1. The van der Waals surface area contributed by atoms with Gasteiger partial charge in [0, 0.05) is 30.7 Å². The van der Waals surface area contributed by atoms with Crippen molar-refractivity contribution in [3.05, 3.63) is 194 Å². The summed E-state index contributed by atoms with van der Waals surface area (Å²) in [4.78, 5) is 91.3. The number of thiazole rings is 1. The average molecular weight is 1410 g/mol. The maximum absolute atomic E-state index is 13.9. The molecule has 1 heterocycles. The molecule has 0 unspecified atom stereocenters. The zero-order chi connectivity index (χ0) is 71.2. The van der Waals surface area contributed by atoms with Gasteiger partial charge in [-0.05, 0) is 217 Å². The molecule has 102 heavy (non-hydrogen) atoms. The highest BCUT2D eigenvalue weighted by Gasteiger charge is 2.31. The van der Waals surface area contributed by atoms with E-state index in [0.717, 1.165) is 148 Å². The van der Waals surface area contributed by atoms with Gasteiger partial charge in [-0.3, -0.25) is 14.4 Å². The highest BCUT2D eigenvalue weighted by molar-refractivity contribution is 7.22. The fraction of sp³-hybridized carbons (Fsp3) is 0.427. The molecule has 0 amide bonds. The summed E-state index contributed by atoms with van der Waals surface area (Å²) in [5, 5.41) is 7.71. The van der Waals surface area contributed by atoms with Crippen molar-refractivity contribution in [1.29, 1.82) is 0 Å². The summed E-state index contributed by atoms with van der Waals surface area (Å²) in [7, 11) is 0. The quantitative estimate of drug-likeness (QED) is 0.00507. The molecule has 2 aliphatic carbocycles. The number of unbranched alkanes of at least 4 members (excludes halogenated alkanes) is 11. The zero-order valence-electron chi connectivity index (χ0n) is 58.5. The van der Waals surface area contributed by atoms with Crippen LogP contribution in [0.2, 0.25) is 0 Å². The van der Waals surface area contributed by atoms with Crippen molar-refractivity contribution in [3.8, 4) is 34.5 Å². The van der Waals surface area contributed by atoms with Crippen LogP contribution in [-0.2, 0) is 48.0 Å². The van der Waals surface area contributed by atoms with E-state index in [-0.39, 0.29) is 48.2 Å². The van der Waals surface area contributed by atoms with Crippen LogP contribution in [0.1, 0.15) is 170 Å². The third-order valence-electron chi connectivity index (χ3n) is 18.1. The van der Waals surface area contributed by atoms with Crippen LogP contribution in [0.4, 0.5) is 5.13 Å². The Morgan fingerprint density at radius 3 is 1.53 bits per heavy atom. The topological polar surface area (TPSA) is 215 Å². The highest BCUT2D eigenvalue weighted by Crippen LogP contribution is 2.36. The van der Waals surface area contributed by atoms with Gasteiger partial charge in [0.05, 0.1) is 67.9 Å². The Morgan fingerprint density at radius 1 is 0.500 bits per heavy atom. The van der Waals surface area contributed by atoms with Gasteiger partial charge in [0.25, 0.3) is 0 Å². The number of nitrogens with zero attached hydrogens (tertiary/aromatic N) is 3. The molecule has 2 aliphatic rings. The van der Waals surface area contributed by atoms with E-state index < -0.39 is 18.0 Å². The van der Waals surface area contributed by atoms with Crippen molar-refractivity contribution in [2.24, 2.45) is 28.8 Å². The summed E-state index contributed by atoms with van der Waals surface area (Å²) in [6, 6.07) is 47.3. The van der Waals surface area contributed by atoms with Gasteiger partial charge >= 0.3 is 29.8 Å². The Morgan fingerprint density at radius 2 is 0.971 bits per heavy atom. The van der Waals surface area contributed by atoms with Crippen molar-refractivity contribution in [1.82, 2.24) is 4.98 Å². The number of aromatic nitrogens is 1. The van der Waals surface area contributed by atoms with Gasteiger partial charge in [0.2, 0.25) is 5.13 Å². The lowest BCUT2D eigenvalue weighted by atomic mass is 9.82. The molecule has 19 nitrogen and oxygen atoms in total. The molecule has 0 radical (unpaired) electrons. The molecule has 0 aliphatic heterocycles. The number of para-hydroxylation sites is 1. The summed E-state index contributed by atoms with van der Waals surface area (Å²) >= 11 is 1.56. The highest BCUT2D eigenvalue weighted by atomic mass is 32.1. The maximum atomic E-state index is 13.9. The lowest BCUT2D eigenvalue weighted by molar-refractivity contribution is -0.218. The van der Waals surface area contributed by atoms with Crippen LogP contribution >= 0.6 is 11.3 Å². The number of carbonyl (C=O) groups excluding carboxylic acids is 5. The lowest BCUT2D eigenvalue weighted by Gasteiger charge is -2.27. The molecule has 20 heteroatoms. The Labute approximate surface area is 603 Å². The number of esters is 5. The normalized spacial score (nSPS) is 15.8. The Bertz CT molecular complexity index is 3630. The van der Waals surface area contributed by atoms with Gasteiger partial charge in [-0.1, -0.05) is 123 Å². The van der Waals surface area contributed by atoms with Crippen molar-refractivity contribution in [2.45, 2.75) is 154 Å². The van der Waals surface area contributed by atoms with Crippen LogP contribution < -0.4 is 33.7 Å². The summed E-state index contributed by atoms with van der Waals surface area (Å²) in [5.74, 6) is 1.39. The minimum absolute atomic E-state index is 0.136. The minimum atomic E-state index is -0.458. The van der Waals surface area contributed by atoms with Crippen LogP contribution in [-0.4, -0.2) is 87.2 Å². The lowest BCUT2D eigenvalue weighted by Crippen LogP contribution is -2.27. The molecule has 542 valence electrons. The number of ether oxygens (including phenoxy) is 7. The summed E-state index contributed by atoms with van der Waals surface area (Å²) in [6.45, 7) is 9.97. The molecular formula is C82H97N3O16S. The standard InChI is InChI=1S/C82H97N3O16S/c1-3-76(86)93-55-25-11-9-23-53-91-68-42-46-70(47-43-68)97-80(89)65-38-36-62(37-39-65)60-96-101-74-51-50-72(98-81(90)66-40-34-61(35-41-66)59-95-100-71-48-44-69(45-49-71)92-54-24-10-12-26-56-94-77(87)4-2)57-67(74)58-83-85(82-84-73-31-20-21-32-75(73)102-82)52-22-8-6-5-7-19-33-78(88)99-79(63-27-15-13-16-28-63)64-29-17-14-18-30-64/h3-4,13-18,20-21,27-32,42-51,57-58,61-62,65-66,79H,1-2,5-12,19,22-26,33-41,52-56,59-60H2/b83-58+. The van der Waals surface area contributed by atoms with E-state index in [2.05, 4.69) is 13.2 Å². The van der Waals surface area contributed by atoms with Gasteiger partial charge in [0.15, 0.2) is 17.6 Å². The van der Waals surface area contributed by atoms with Gasteiger partial charge in [-0.2, -0.15) is 14.9 Å². The Kier molecular flexibility index (Phi) is 32.7. The molecule has 6 aromatic carbocycles. The van der Waals surface area contributed by atoms with Gasteiger partial charge in [-0.15, -0.1) is 0 Å². The molecule has 1 aromatic heterocycles. The molecule has 0 atom stereocenters. The first-order valence-electron chi connectivity index (χ1n) is 36.2.